The van der Waals surface area contributed by atoms with Crippen molar-refractivity contribution in [3.05, 3.63) is 76.3 Å². The van der Waals surface area contributed by atoms with Crippen LogP contribution in [0.15, 0.2) is 59.7 Å². The van der Waals surface area contributed by atoms with E-state index in [4.69, 9.17) is 0 Å². The first-order chi connectivity index (χ1) is 10.8. The van der Waals surface area contributed by atoms with Crippen LogP contribution in [0.3, 0.4) is 0 Å². The van der Waals surface area contributed by atoms with E-state index in [2.05, 4.69) is 15.3 Å². The second kappa shape index (κ2) is 6.22. The summed E-state index contributed by atoms with van der Waals surface area (Å²) in [5, 5.41) is 3.27. The first-order valence-corrected chi connectivity index (χ1v) is 7.04. The van der Waals surface area contributed by atoms with Gasteiger partial charge in [0.15, 0.2) is 0 Å². The van der Waals surface area contributed by atoms with E-state index in [0.29, 0.717) is 18.4 Å². The number of benzene rings is 1. The fraction of sp³-hybridized carbons (Fsp3) is 0.118. The van der Waals surface area contributed by atoms with Gasteiger partial charge in [-0.15, -0.1) is 0 Å². The molecule has 0 saturated carbocycles. The zero-order chi connectivity index (χ0) is 15.4. The molecule has 0 aliphatic rings. The average Bonchev–Trinajstić information content (AvgIpc) is 2.56. The number of rotatable bonds is 4. The van der Waals surface area contributed by atoms with Gasteiger partial charge in [-0.1, -0.05) is 18.2 Å². The minimum absolute atomic E-state index is 0.125. The van der Waals surface area contributed by atoms with Crippen molar-refractivity contribution in [3.63, 3.8) is 0 Å². The van der Waals surface area contributed by atoms with Gasteiger partial charge in [0.05, 0.1) is 0 Å². The second-order valence-electron chi connectivity index (χ2n) is 4.90. The number of para-hydroxylation sites is 1. The molecule has 0 atom stereocenters. The second-order valence-corrected chi connectivity index (χ2v) is 4.90. The summed E-state index contributed by atoms with van der Waals surface area (Å²) in [6, 6.07) is 12.8. The number of aromatic amines is 1. The van der Waals surface area contributed by atoms with Gasteiger partial charge in [-0.3, -0.25) is 14.6 Å². The number of hydrogen-bond donors (Lipinski definition) is 2. The molecule has 2 aromatic heterocycles. The van der Waals surface area contributed by atoms with Crippen LogP contribution in [0.5, 0.6) is 0 Å². The number of hydrogen-bond acceptors (Lipinski definition) is 3. The number of nitrogens with zero attached hydrogens (tertiary/aromatic N) is 1. The number of carbonyl (C=O) groups is 1. The summed E-state index contributed by atoms with van der Waals surface area (Å²) in [6.45, 7) is 0.433. The van der Waals surface area contributed by atoms with E-state index in [-0.39, 0.29) is 16.9 Å². The number of H-pyrrole nitrogens is 1. The molecule has 5 heteroatoms. The Kier molecular flexibility index (Phi) is 3.96. The van der Waals surface area contributed by atoms with Gasteiger partial charge in [-0.05, 0) is 24.3 Å². The minimum Gasteiger partial charge on any atom is -0.360 e. The summed E-state index contributed by atoms with van der Waals surface area (Å²) in [6.07, 6.45) is 3.80. The number of nitrogens with one attached hydrogen (secondary N) is 2. The van der Waals surface area contributed by atoms with E-state index in [1.807, 2.05) is 24.3 Å². The molecular formula is C17H15N3O2. The topological polar surface area (TPSA) is 74.8 Å². The average molecular weight is 293 g/mol. The maximum atomic E-state index is 12.3. The molecule has 0 unspecified atom stereocenters. The molecular weight excluding hydrogens is 278 g/mol. The monoisotopic (exact) mass is 293 g/mol. The summed E-state index contributed by atoms with van der Waals surface area (Å²) in [5.41, 5.74) is 1.48. The van der Waals surface area contributed by atoms with E-state index in [1.165, 1.54) is 6.20 Å². The molecule has 1 amide bonds. The van der Waals surface area contributed by atoms with Crippen LogP contribution < -0.4 is 10.7 Å². The summed E-state index contributed by atoms with van der Waals surface area (Å²) in [5.74, 6) is -0.372. The molecule has 0 bridgehead atoms. The van der Waals surface area contributed by atoms with Crippen molar-refractivity contribution < 1.29 is 4.79 Å². The Hall–Kier alpha value is -2.95. The van der Waals surface area contributed by atoms with Gasteiger partial charge in [0.25, 0.3) is 5.91 Å². The van der Waals surface area contributed by atoms with E-state index in [9.17, 15) is 9.59 Å². The number of amides is 1. The Bertz CT molecular complexity index is 856. The van der Waals surface area contributed by atoms with E-state index in [0.717, 1.165) is 11.2 Å². The number of pyridine rings is 2. The fourth-order valence-electron chi connectivity index (χ4n) is 2.28. The van der Waals surface area contributed by atoms with E-state index < -0.39 is 0 Å². The number of carbonyl (C=O) groups excluding carboxylic acids is 1. The lowest BCUT2D eigenvalue weighted by Gasteiger charge is -2.05. The van der Waals surface area contributed by atoms with Crippen molar-refractivity contribution >= 4 is 16.8 Å². The number of fused-ring (bicyclic) bond motifs is 1. The summed E-state index contributed by atoms with van der Waals surface area (Å²) in [7, 11) is 0. The minimum atomic E-state index is -0.372. The lowest BCUT2D eigenvalue weighted by molar-refractivity contribution is 0.0953. The van der Waals surface area contributed by atoms with Gasteiger partial charge in [-0.2, -0.15) is 0 Å². The van der Waals surface area contributed by atoms with Crippen molar-refractivity contribution in [1.29, 1.82) is 0 Å². The highest BCUT2D eigenvalue weighted by molar-refractivity contribution is 5.97. The Morgan fingerprint density at radius 2 is 1.95 bits per heavy atom. The predicted molar refractivity (Wildman–Crippen MR) is 84.8 cm³/mol. The SMILES string of the molecule is O=C(NCCc1ccccn1)c1c[nH]c2ccccc2c1=O. The van der Waals surface area contributed by atoms with Crippen LogP contribution in [0.2, 0.25) is 0 Å². The third-order valence-electron chi connectivity index (χ3n) is 3.43. The molecule has 0 aliphatic carbocycles. The molecule has 2 heterocycles. The third kappa shape index (κ3) is 2.88. The first kappa shape index (κ1) is 14.0. The molecule has 110 valence electrons. The Morgan fingerprint density at radius 3 is 2.77 bits per heavy atom. The highest BCUT2D eigenvalue weighted by Crippen LogP contribution is 2.06. The highest BCUT2D eigenvalue weighted by atomic mass is 16.2. The lowest BCUT2D eigenvalue weighted by atomic mass is 10.1. The molecule has 0 spiro atoms. The van der Waals surface area contributed by atoms with Crippen molar-refractivity contribution in [1.82, 2.24) is 15.3 Å². The predicted octanol–water partition coefficient (Wildman–Crippen LogP) is 1.90. The van der Waals surface area contributed by atoms with Crippen LogP contribution in [0.4, 0.5) is 0 Å². The molecule has 1 aromatic carbocycles. The third-order valence-corrected chi connectivity index (χ3v) is 3.43. The fourth-order valence-corrected chi connectivity index (χ4v) is 2.28. The van der Waals surface area contributed by atoms with Crippen molar-refractivity contribution in [3.8, 4) is 0 Å². The zero-order valence-electron chi connectivity index (χ0n) is 11.9. The van der Waals surface area contributed by atoms with Crippen molar-refractivity contribution in [2.75, 3.05) is 6.54 Å². The smallest absolute Gasteiger partial charge is 0.256 e. The molecule has 0 saturated heterocycles. The van der Waals surface area contributed by atoms with Gasteiger partial charge in [0.1, 0.15) is 5.56 Å². The van der Waals surface area contributed by atoms with Crippen molar-refractivity contribution in [2.24, 2.45) is 0 Å². The van der Waals surface area contributed by atoms with E-state index in [1.54, 1.807) is 24.4 Å². The molecule has 22 heavy (non-hydrogen) atoms. The zero-order valence-corrected chi connectivity index (χ0v) is 11.9. The number of aromatic nitrogens is 2. The highest BCUT2D eigenvalue weighted by Gasteiger charge is 2.12. The molecule has 0 radical (unpaired) electrons. The Labute approximate surface area is 127 Å². The maximum Gasteiger partial charge on any atom is 0.256 e. The van der Waals surface area contributed by atoms with Gasteiger partial charge < -0.3 is 10.3 Å². The molecule has 0 aliphatic heterocycles. The largest absolute Gasteiger partial charge is 0.360 e. The van der Waals surface area contributed by atoms with Gasteiger partial charge in [-0.25, -0.2) is 0 Å². The maximum absolute atomic E-state index is 12.3. The van der Waals surface area contributed by atoms with Gasteiger partial charge in [0, 0.05) is 42.0 Å². The molecule has 0 fully saturated rings. The van der Waals surface area contributed by atoms with Crippen LogP contribution in [-0.4, -0.2) is 22.4 Å². The molecule has 5 nitrogen and oxygen atoms in total. The van der Waals surface area contributed by atoms with Crippen LogP contribution in [0, 0.1) is 0 Å². The molecule has 2 N–H and O–H groups in total. The van der Waals surface area contributed by atoms with Crippen LogP contribution >= 0.6 is 0 Å². The van der Waals surface area contributed by atoms with Crippen LogP contribution in [0.1, 0.15) is 16.1 Å². The quantitative estimate of drug-likeness (QED) is 0.771. The van der Waals surface area contributed by atoms with Gasteiger partial charge >= 0.3 is 0 Å². The summed E-state index contributed by atoms with van der Waals surface area (Å²) < 4.78 is 0. The normalized spacial score (nSPS) is 10.5. The van der Waals surface area contributed by atoms with Gasteiger partial charge in [0.2, 0.25) is 5.43 Å². The first-order valence-electron chi connectivity index (χ1n) is 7.04. The van der Waals surface area contributed by atoms with Crippen LogP contribution in [-0.2, 0) is 6.42 Å². The van der Waals surface area contributed by atoms with Crippen molar-refractivity contribution in [2.45, 2.75) is 6.42 Å². The summed E-state index contributed by atoms with van der Waals surface area (Å²) >= 11 is 0. The standard InChI is InChI=1S/C17H15N3O2/c21-16-13-6-1-2-7-15(13)20-11-14(16)17(22)19-10-8-12-5-3-4-9-18-12/h1-7,9,11H,8,10H2,(H,19,22)(H,20,21). The Morgan fingerprint density at radius 1 is 1.14 bits per heavy atom. The molecule has 3 aromatic rings. The summed E-state index contributed by atoms with van der Waals surface area (Å²) in [4.78, 5) is 31.6. The van der Waals surface area contributed by atoms with E-state index >= 15 is 0 Å². The van der Waals surface area contributed by atoms with Crippen LogP contribution in [0.25, 0.3) is 10.9 Å². The lowest BCUT2D eigenvalue weighted by Crippen LogP contribution is -2.30. The molecule has 3 rings (SSSR count). The Balaban J connectivity index is 1.73.